The molecule has 1 aliphatic heterocycles. The molecule has 4 nitrogen and oxygen atoms in total. The number of nitrogens with two attached hydrogens (primary N) is 1. The summed E-state index contributed by atoms with van der Waals surface area (Å²) in [7, 11) is 0. The lowest BCUT2D eigenvalue weighted by Crippen LogP contribution is -2.34. The Hall–Kier alpha value is -2.04. The summed E-state index contributed by atoms with van der Waals surface area (Å²) >= 11 is 6.00. The molecule has 2 aromatic carbocycles. The molecule has 2 fully saturated rings. The third-order valence-electron chi connectivity index (χ3n) is 5.83. The summed E-state index contributed by atoms with van der Waals surface area (Å²) in [5, 5.41) is 3.81. The summed E-state index contributed by atoms with van der Waals surface area (Å²) in [6, 6.07) is 15.3. The van der Waals surface area contributed by atoms with Crippen LogP contribution in [0.25, 0.3) is 0 Å². The van der Waals surface area contributed by atoms with Gasteiger partial charge in [-0.05, 0) is 66.1 Å². The summed E-state index contributed by atoms with van der Waals surface area (Å²) in [4.78, 5) is 14.6. The SMILES string of the molecule is Nc1ccc(C(=O)NCCN2CC3CC(c4ccc(Cl)cc4)C3C2)cc1. The third-order valence-corrected chi connectivity index (χ3v) is 6.08. The number of likely N-dealkylation sites (tertiary alicyclic amines) is 1. The van der Waals surface area contributed by atoms with Crippen molar-refractivity contribution in [3.63, 3.8) is 0 Å². The lowest BCUT2D eigenvalue weighted by Gasteiger charge is -2.40. The van der Waals surface area contributed by atoms with E-state index in [1.807, 2.05) is 12.1 Å². The van der Waals surface area contributed by atoms with Gasteiger partial charge in [-0.2, -0.15) is 0 Å². The number of anilines is 1. The van der Waals surface area contributed by atoms with E-state index >= 15 is 0 Å². The summed E-state index contributed by atoms with van der Waals surface area (Å²) in [6.07, 6.45) is 1.26. The summed E-state index contributed by atoms with van der Waals surface area (Å²) in [5.41, 5.74) is 8.40. The van der Waals surface area contributed by atoms with Crippen LogP contribution < -0.4 is 11.1 Å². The molecule has 5 heteroatoms. The van der Waals surface area contributed by atoms with Crippen molar-refractivity contribution in [2.45, 2.75) is 12.3 Å². The van der Waals surface area contributed by atoms with Gasteiger partial charge in [0.25, 0.3) is 5.91 Å². The van der Waals surface area contributed by atoms with Crippen LogP contribution in [0.2, 0.25) is 5.02 Å². The Morgan fingerprint density at radius 2 is 1.85 bits per heavy atom. The minimum absolute atomic E-state index is 0.0359. The fourth-order valence-corrected chi connectivity index (χ4v) is 4.46. The first kappa shape index (κ1) is 17.4. The predicted molar refractivity (Wildman–Crippen MR) is 105 cm³/mol. The number of amides is 1. The first-order chi connectivity index (χ1) is 12.6. The van der Waals surface area contributed by atoms with Gasteiger partial charge in [0.15, 0.2) is 0 Å². The maximum Gasteiger partial charge on any atom is 0.251 e. The van der Waals surface area contributed by atoms with Crippen LogP contribution in [0.1, 0.15) is 28.3 Å². The van der Waals surface area contributed by atoms with Gasteiger partial charge < -0.3 is 16.0 Å². The van der Waals surface area contributed by atoms with E-state index in [1.54, 1.807) is 24.3 Å². The lowest BCUT2D eigenvalue weighted by atomic mass is 9.64. The van der Waals surface area contributed by atoms with Crippen LogP contribution in [0, 0.1) is 11.8 Å². The molecule has 0 aromatic heterocycles. The van der Waals surface area contributed by atoms with E-state index in [1.165, 1.54) is 12.0 Å². The molecule has 1 saturated carbocycles. The number of rotatable bonds is 5. The van der Waals surface area contributed by atoms with Gasteiger partial charge in [0.2, 0.25) is 0 Å². The molecule has 0 spiro atoms. The highest BCUT2D eigenvalue weighted by molar-refractivity contribution is 6.30. The topological polar surface area (TPSA) is 58.4 Å². The molecule has 2 aromatic rings. The fraction of sp³-hybridized carbons (Fsp3) is 0.381. The van der Waals surface area contributed by atoms with Crippen molar-refractivity contribution in [2.75, 3.05) is 31.9 Å². The van der Waals surface area contributed by atoms with Gasteiger partial charge in [-0.25, -0.2) is 0 Å². The normalized spacial score (nSPS) is 24.7. The second-order valence-corrected chi connectivity index (χ2v) is 7.89. The number of hydrogen-bond acceptors (Lipinski definition) is 3. The average molecular weight is 370 g/mol. The second-order valence-electron chi connectivity index (χ2n) is 7.46. The number of benzene rings is 2. The van der Waals surface area contributed by atoms with Crippen LogP contribution in [0.4, 0.5) is 5.69 Å². The summed E-state index contributed by atoms with van der Waals surface area (Å²) in [5.74, 6) is 2.16. The molecule has 1 amide bonds. The Bertz CT molecular complexity index is 775. The number of nitrogen functional groups attached to an aromatic ring is 1. The Morgan fingerprint density at radius 1 is 1.12 bits per heavy atom. The van der Waals surface area contributed by atoms with Crippen molar-refractivity contribution in [2.24, 2.45) is 11.8 Å². The average Bonchev–Trinajstić information content (AvgIpc) is 2.94. The van der Waals surface area contributed by atoms with Gasteiger partial charge in [0.05, 0.1) is 0 Å². The maximum absolute atomic E-state index is 12.2. The van der Waals surface area contributed by atoms with E-state index < -0.39 is 0 Å². The molecular formula is C21H24ClN3O. The Balaban J connectivity index is 1.24. The van der Waals surface area contributed by atoms with E-state index in [-0.39, 0.29) is 5.91 Å². The van der Waals surface area contributed by atoms with Crippen LogP contribution in [-0.2, 0) is 0 Å². The van der Waals surface area contributed by atoms with Crippen molar-refractivity contribution in [1.82, 2.24) is 10.2 Å². The first-order valence-electron chi connectivity index (χ1n) is 9.22. The molecule has 0 bridgehead atoms. The van der Waals surface area contributed by atoms with Crippen LogP contribution >= 0.6 is 11.6 Å². The smallest absolute Gasteiger partial charge is 0.251 e. The number of hydrogen-bond donors (Lipinski definition) is 2. The van der Waals surface area contributed by atoms with Crippen LogP contribution in [0.15, 0.2) is 48.5 Å². The van der Waals surface area contributed by atoms with Gasteiger partial charge in [0, 0.05) is 42.5 Å². The molecule has 26 heavy (non-hydrogen) atoms. The van der Waals surface area contributed by atoms with Crippen molar-refractivity contribution >= 4 is 23.2 Å². The van der Waals surface area contributed by atoms with E-state index in [0.717, 1.165) is 36.5 Å². The fourth-order valence-electron chi connectivity index (χ4n) is 4.34. The molecule has 4 rings (SSSR count). The van der Waals surface area contributed by atoms with Crippen molar-refractivity contribution in [3.8, 4) is 0 Å². The molecule has 1 aliphatic carbocycles. The molecule has 2 aliphatic rings. The van der Waals surface area contributed by atoms with E-state index in [4.69, 9.17) is 17.3 Å². The van der Waals surface area contributed by atoms with E-state index in [2.05, 4.69) is 22.3 Å². The van der Waals surface area contributed by atoms with Gasteiger partial charge in [0.1, 0.15) is 0 Å². The van der Waals surface area contributed by atoms with Crippen molar-refractivity contribution in [3.05, 3.63) is 64.7 Å². The molecule has 0 radical (unpaired) electrons. The van der Waals surface area contributed by atoms with Gasteiger partial charge in [-0.1, -0.05) is 23.7 Å². The number of nitrogens with zero attached hydrogens (tertiary/aromatic N) is 1. The Kier molecular flexibility index (Phi) is 4.88. The minimum Gasteiger partial charge on any atom is -0.399 e. The Morgan fingerprint density at radius 3 is 2.58 bits per heavy atom. The molecule has 3 unspecified atom stereocenters. The molecule has 136 valence electrons. The third kappa shape index (κ3) is 3.57. The largest absolute Gasteiger partial charge is 0.399 e. The zero-order chi connectivity index (χ0) is 18.1. The summed E-state index contributed by atoms with van der Waals surface area (Å²) in [6.45, 7) is 3.84. The molecular weight excluding hydrogens is 346 g/mol. The van der Waals surface area contributed by atoms with Crippen LogP contribution in [0.3, 0.4) is 0 Å². The maximum atomic E-state index is 12.2. The highest BCUT2D eigenvalue weighted by Crippen LogP contribution is 2.51. The first-order valence-corrected chi connectivity index (χ1v) is 9.59. The van der Waals surface area contributed by atoms with Crippen molar-refractivity contribution in [1.29, 1.82) is 0 Å². The number of carbonyl (C=O) groups is 1. The van der Waals surface area contributed by atoms with Gasteiger partial charge >= 0.3 is 0 Å². The van der Waals surface area contributed by atoms with E-state index in [0.29, 0.717) is 23.7 Å². The minimum atomic E-state index is -0.0359. The van der Waals surface area contributed by atoms with Gasteiger partial charge in [-0.3, -0.25) is 4.79 Å². The molecule has 3 N–H and O–H groups in total. The monoisotopic (exact) mass is 369 g/mol. The zero-order valence-electron chi connectivity index (χ0n) is 14.7. The standard InChI is InChI=1S/C21H24ClN3O/c22-17-5-1-14(2-6-17)19-11-16-12-25(13-20(16)19)10-9-24-21(26)15-3-7-18(23)8-4-15/h1-8,16,19-20H,9-13,23H2,(H,24,26). The molecule has 1 heterocycles. The van der Waals surface area contributed by atoms with Crippen LogP contribution in [0.5, 0.6) is 0 Å². The van der Waals surface area contributed by atoms with Crippen LogP contribution in [-0.4, -0.2) is 37.0 Å². The summed E-state index contributed by atoms with van der Waals surface area (Å²) < 4.78 is 0. The van der Waals surface area contributed by atoms with Gasteiger partial charge in [-0.15, -0.1) is 0 Å². The number of carbonyl (C=O) groups excluding carboxylic acids is 1. The highest BCUT2D eigenvalue weighted by atomic mass is 35.5. The lowest BCUT2D eigenvalue weighted by molar-refractivity contribution is 0.0949. The predicted octanol–water partition coefficient (Wildman–Crippen LogP) is 3.39. The molecule has 3 atom stereocenters. The quantitative estimate of drug-likeness (QED) is 0.794. The highest BCUT2D eigenvalue weighted by Gasteiger charge is 2.47. The number of fused-ring (bicyclic) bond motifs is 1. The number of halogens is 1. The van der Waals surface area contributed by atoms with E-state index in [9.17, 15) is 4.79 Å². The second kappa shape index (κ2) is 7.29. The molecule has 1 saturated heterocycles. The van der Waals surface area contributed by atoms with Crippen molar-refractivity contribution < 1.29 is 4.79 Å². The Labute approximate surface area is 159 Å². The number of nitrogens with one attached hydrogen (secondary N) is 1. The zero-order valence-corrected chi connectivity index (χ0v) is 15.5.